The highest BCUT2D eigenvalue weighted by molar-refractivity contribution is 6.34. The van der Waals surface area contributed by atoms with Gasteiger partial charge in [0.1, 0.15) is 13.2 Å². The summed E-state index contributed by atoms with van der Waals surface area (Å²) in [5, 5.41) is 8.83. The van der Waals surface area contributed by atoms with Crippen LogP contribution in [0.5, 0.6) is 11.5 Å². The lowest BCUT2D eigenvalue weighted by Crippen LogP contribution is -2.17. The third kappa shape index (κ3) is 2.50. The molecular weight excluding hydrogens is 248 g/mol. The van der Waals surface area contributed by atoms with Crippen molar-refractivity contribution in [2.45, 2.75) is 6.42 Å². The van der Waals surface area contributed by atoms with Gasteiger partial charge in [-0.1, -0.05) is 11.6 Å². The first kappa shape index (κ1) is 11.7. The van der Waals surface area contributed by atoms with Crippen LogP contribution in [0.2, 0.25) is 5.02 Å². The van der Waals surface area contributed by atoms with Gasteiger partial charge in [0.25, 0.3) is 0 Å². The fourth-order valence-electron chi connectivity index (χ4n) is 1.53. The van der Waals surface area contributed by atoms with Crippen LogP contribution in [0, 0.1) is 0 Å². The molecular formula is C11H9ClO5. The molecule has 1 N–H and O–H groups in total. The van der Waals surface area contributed by atoms with Crippen molar-refractivity contribution in [3.63, 3.8) is 0 Å². The monoisotopic (exact) mass is 256 g/mol. The fraction of sp³-hybridized carbons (Fsp3) is 0.273. The van der Waals surface area contributed by atoms with Crippen molar-refractivity contribution in [1.29, 1.82) is 0 Å². The minimum Gasteiger partial charge on any atom is -0.486 e. The first-order chi connectivity index (χ1) is 8.08. The van der Waals surface area contributed by atoms with Gasteiger partial charge in [-0.3, -0.25) is 4.79 Å². The molecule has 2 rings (SSSR count). The molecule has 0 fully saturated rings. The highest BCUT2D eigenvalue weighted by atomic mass is 35.5. The van der Waals surface area contributed by atoms with Crippen LogP contribution in [0.1, 0.15) is 5.56 Å². The van der Waals surface area contributed by atoms with E-state index in [9.17, 15) is 9.59 Å². The van der Waals surface area contributed by atoms with Crippen molar-refractivity contribution < 1.29 is 24.2 Å². The predicted molar refractivity (Wildman–Crippen MR) is 58.8 cm³/mol. The van der Waals surface area contributed by atoms with Crippen LogP contribution in [0.25, 0.3) is 0 Å². The standard InChI is InChI=1S/C11H9ClO5/c12-7-3-6(4-8(13)11(14)15)5-9-10(7)17-2-1-16-9/h3,5H,1-2,4H2,(H,14,15). The van der Waals surface area contributed by atoms with Gasteiger partial charge >= 0.3 is 5.97 Å². The zero-order chi connectivity index (χ0) is 12.4. The van der Waals surface area contributed by atoms with E-state index in [0.717, 1.165) is 0 Å². The summed E-state index contributed by atoms with van der Waals surface area (Å²) in [6.07, 6.45) is -0.217. The van der Waals surface area contributed by atoms with E-state index < -0.39 is 11.8 Å². The number of carbonyl (C=O) groups is 2. The van der Waals surface area contributed by atoms with Crippen LogP contribution in [0.3, 0.4) is 0 Å². The number of carboxylic acids is 1. The minimum atomic E-state index is -1.46. The summed E-state index contributed by atoms with van der Waals surface area (Å²) >= 11 is 5.95. The number of Topliss-reactive ketones (excluding diaryl/α,β-unsaturated/α-hetero) is 1. The molecule has 5 nitrogen and oxygen atoms in total. The van der Waals surface area contributed by atoms with Crippen molar-refractivity contribution >= 4 is 23.4 Å². The van der Waals surface area contributed by atoms with Crippen LogP contribution >= 0.6 is 11.6 Å². The van der Waals surface area contributed by atoms with Crippen LogP contribution in [0.4, 0.5) is 0 Å². The molecule has 6 heteroatoms. The highest BCUT2D eigenvalue weighted by Gasteiger charge is 2.19. The SMILES string of the molecule is O=C(O)C(=O)Cc1cc(Cl)c2c(c1)OCCO2. The second-order valence-electron chi connectivity index (χ2n) is 3.51. The molecule has 1 aliphatic rings. The zero-order valence-corrected chi connectivity index (χ0v) is 9.49. The summed E-state index contributed by atoms with van der Waals surface area (Å²) in [6, 6.07) is 3.08. The van der Waals surface area contributed by atoms with Gasteiger partial charge in [0.2, 0.25) is 5.78 Å². The lowest BCUT2D eigenvalue weighted by Gasteiger charge is -2.20. The number of hydrogen-bond acceptors (Lipinski definition) is 4. The van der Waals surface area contributed by atoms with Gasteiger partial charge in [-0.15, -0.1) is 0 Å². The molecule has 1 aliphatic heterocycles. The molecule has 1 aromatic rings. The smallest absolute Gasteiger partial charge is 0.372 e. The number of rotatable bonds is 3. The third-order valence-corrected chi connectivity index (χ3v) is 2.54. The maximum Gasteiger partial charge on any atom is 0.372 e. The number of hydrogen-bond donors (Lipinski definition) is 1. The first-order valence-corrected chi connectivity index (χ1v) is 5.30. The number of ether oxygens (including phenoxy) is 2. The zero-order valence-electron chi connectivity index (χ0n) is 8.73. The molecule has 0 amide bonds. The molecule has 0 unspecified atom stereocenters. The normalized spacial score (nSPS) is 13.2. The molecule has 1 heterocycles. The number of carboxylic acid groups (broad SMARTS) is 1. The van der Waals surface area contributed by atoms with Gasteiger partial charge in [-0.25, -0.2) is 4.79 Å². The van der Waals surface area contributed by atoms with Crippen LogP contribution in [-0.2, 0) is 16.0 Å². The third-order valence-electron chi connectivity index (χ3n) is 2.26. The van der Waals surface area contributed by atoms with E-state index in [1.54, 1.807) is 6.07 Å². The number of fused-ring (bicyclic) bond motifs is 1. The fourth-order valence-corrected chi connectivity index (χ4v) is 1.82. The van der Waals surface area contributed by atoms with E-state index in [-0.39, 0.29) is 6.42 Å². The van der Waals surface area contributed by atoms with E-state index in [0.29, 0.717) is 35.3 Å². The molecule has 0 atom stereocenters. The van der Waals surface area contributed by atoms with Crippen molar-refractivity contribution in [3.8, 4) is 11.5 Å². The second kappa shape index (κ2) is 4.63. The van der Waals surface area contributed by atoms with E-state index in [4.69, 9.17) is 26.2 Å². The van der Waals surface area contributed by atoms with Crippen molar-refractivity contribution in [2.24, 2.45) is 0 Å². The second-order valence-corrected chi connectivity index (χ2v) is 3.91. The largest absolute Gasteiger partial charge is 0.486 e. The Morgan fingerprint density at radius 1 is 1.29 bits per heavy atom. The summed E-state index contributed by atoms with van der Waals surface area (Å²) in [6.45, 7) is 0.819. The summed E-state index contributed by atoms with van der Waals surface area (Å²) in [4.78, 5) is 21.5. The van der Waals surface area contributed by atoms with Gasteiger partial charge < -0.3 is 14.6 Å². The molecule has 1 aromatic carbocycles. The molecule has 0 spiro atoms. The molecule has 0 saturated carbocycles. The first-order valence-electron chi connectivity index (χ1n) is 4.92. The van der Waals surface area contributed by atoms with Crippen LogP contribution < -0.4 is 9.47 Å². The predicted octanol–water partition coefficient (Wildman–Crippen LogP) is 1.31. The van der Waals surface area contributed by atoms with Gasteiger partial charge in [-0.2, -0.15) is 0 Å². The Kier molecular flexibility index (Phi) is 3.19. The van der Waals surface area contributed by atoms with Crippen molar-refractivity contribution in [1.82, 2.24) is 0 Å². The van der Waals surface area contributed by atoms with Crippen LogP contribution in [0.15, 0.2) is 12.1 Å². The van der Waals surface area contributed by atoms with Crippen molar-refractivity contribution in [3.05, 3.63) is 22.7 Å². The Morgan fingerprint density at radius 3 is 2.71 bits per heavy atom. The van der Waals surface area contributed by atoms with Gasteiger partial charge in [0, 0.05) is 6.42 Å². The van der Waals surface area contributed by atoms with E-state index >= 15 is 0 Å². The molecule has 0 saturated heterocycles. The average molecular weight is 257 g/mol. The topological polar surface area (TPSA) is 72.8 Å². The number of ketones is 1. The van der Waals surface area contributed by atoms with E-state index in [2.05, 4.69) is 0 Å². The van der Waals surface area contributed by atoms with Gasteiger partial charge in [0.15, 0.2) is 11.5 Å². The van der Waals surface area contributed by atoms with Gasteiger partial charge in [0.05, 0.1) is 5.02 Å². The molecule has 0 aliphatic carbocycles. The summed E-state index contributed by atoms with van der Waals surface area (Å²) in [5.74, 6) is -1.48. The number of carbonyl (C=O) groups excluding carboxylic acids is 1. The Bertz CT molecular complexity index is 483. The Balaban J connectivity index is 2.28. The van der Waals surface area contributed by atoms with E-state index in [1.807, 2.05) is 0 Å². The maximum atomic E-state index is 11.1. The summed E-state index contributed by atoms with van der Waals surface area (Å²) < 4.78 is 10.6. The van der Waals surface area contributed by atoms with Crippen LogP contribution in [-0.4, -0.2) is 30.1 Å². The Morgan fingerprint density at radius 2 is 2.00 bits per heavy atom. The lowest BCUT2D eigenvalue weighted by atomic mass is 10.1. The van der Waals surface area contributed by atoms with Crippen molar-refractivity contribution in [2.75, 3.05) is 13.2 Å². The quantitative estimate of drug-likeness (QED) is 0.826. The summed E-state index contributed by atoms with van der Waals surface area (Å²) in [7, 11) is 0. The lowest BCUT2D eigenvalue weighted by molar-refractivity contribution is -0.148. The Hall–Kier alpha value is -1.75. The minimum absolute atomic E-state index is 0.217. The maximum absolute atomic E-state index is 11.1. The highest BCUT2D eigenvalue weighted by Crippen LogP contribution is 2.38. The average Bonchev–Trinajstić information content (AvgIpc) is 2.29. The Labute approximate surface area is 102 Å². The molecule has 0 aromatic heterocycles. The molecule has 0 bridgehead atoms. The molecule has 0 radical (unpaired) electrons. The number of benzene rings is 1. The molecule has 90 valence electrons. The number of halogens is 1. The van der Waals surface area contributed by atoms with Gasteiger partial charge in [-0.05, 0) is 17.7 Å². The molecule has 17 heavy (non-hydrogen) atoms. The summed E-state index contributed by atoms with van der Waals surface area (Å²) in [5.41, 5.74) is 0.492. The number of aliphatic carboxylic acids is 1. The van der Waals surface area contributed by atoms with E-state index in [1.165, 1.54) is 6.07 Å².